The van der Waals surface area contributed by atoms with Crippen molar-refractivity contribution in [3.8, 4) is 10.4 Å². The van der Waals surface area contributed by atoms with E-state index in [1.807, 2.05) is 12.1 Å². The second kappa shape index (κ2) is 5.06. The summed E-state index contributed by atoms with van der Waals surface area (Å²) in [6, 6.07) is 8.36. The van der Waals surface area contributed by atoms with Gasteiger partial charge in [-0.3, -0.25) is 0 Å². The molecule has 0 radical (unpaired) electrons. The van der Waals surface area contributed by atoms with Crippen LogP contribution in [0.15, 0.2) is 28.2 Å². The van der Waals surface area contributed by atoms with E-state index in [2.05, 4.69) is 33.0 Å². The van der Waals surface area contributed by atoms with Crippen LogP contribution in [-0.2, 0) is 4.74 Å². The highest BCUT2D eigenvalue weighted by Gasteiger charge is 2.25. The Morgan fingerprint density at radius 1 is 1.47 bits per heavy atom. The van der Waals surface area contributed by atoms with Gasteiger partial charge in [0, 0.05) is 0 Å². The zero-order chi connectivity index (χ0) is 13.4. The van der Waals surface area contributed by atoms with E-state index in [0.717, 1.165) is 10.4 Å². The summed E-state index contributed by atoms with van der Waals surface area (Å²) in [5, 5.41) is 0. The van der Waals surface area contributed by atoms with Crippen LogP contribution in [-0.4, -0.2) is 18.1 Å². The van der Waals surface area contributed by atoms with Crippen LogP contribution < -0.4 is 0 Å². The summed E-state index contributed by atoms with van der Waals surface area (Å²) < 4.78 is 5.48. The fourth-order valence-corrected chi connectivity index (χ4v) is 3.51. The van der Waals surface area contributed by atoms with Gasteiger partial charge in [-0.15, -0.1) is 11.3 Å². The highest BCUT2D eigenvalue weighted by Crippen LogP contribution is 2.42. The summed E-state index contributed by atoms with van der Waals surface area (Å²) >= 11 is 4.79. The Bertz CT molecular complexity index is 634. The minimum Gasteiger partial charge on any atom is -0.464 e. The van der Waals surface area contributed by atoms with E-state index in [9.17, 15) is 4.79 Å². The van der Waals surface area contributed by atoms with Gasteiger partial charge in [0.25, 0.3) is 0 Å². The lowest BCUT2D eigenvalue weighted by atomic mass is 10.1. The number of aromatic nitrogens is 1. The van der Waals surface area contributed by atoms with Gasteiger partial charge in [0.2, 0.25) is 0 Å². The SMILES string of the molecule is COC(=O)c1nc(Br)sc1-c1cccc(C2CC2)c1. The molecule has 1 saturated carbocycles. The van der Waals surface area contributed by atoms with Crippen LogP contribution in [0.25, 0.3) is 10.4 Å². The maximum Gasteiger partial charge on any atom is 0.358 e. The van der Waals surface area contributed by atoms with E-state index in [4.69, 9.17) is 4.74 Å². The number of hydrogen-bond donors (Lipinski definition) is 0. The molecule has 0 saturated heterocycles. The Labute approximate surface area is 123 Å². The second-order valence-corrected chi connectivity index (χ2v) is 6.81. The van der Waals surface area contributed by atoms with Gasteiger partial charge in [-0.2, -0.15) is 0 Å². The maximum absolute atomic E-state index is 11.8. The Hall–Kier alpha value is -1.20. The third-order valence-electron chi connectivity index (χ3n) is 3.18. The molecule has 1 aliphatic rings. The number of carbonyl (C=O) groups excluding carboxylic acids is 1. The normalized spacial score (nSPS) is 14.4. The molecule has 0 N–H and O–H groups in total. The van der Waals surface area contributed by atoms with Gasteiger partial charge in [-0.1, -0.05) is 18.2 Å². The van der Waals surface area contributed by atoms with Crippen LogP contribution in [0.2, 0.25) is 0 Å². The predicted octanol–water partition coefficient (Wildman–Crippen LogP) is 4.24. The molecule has 1 aliphatic carbocycles. The van der Waals surface area contributed by atoms with Crippen LogP contribution in [0.5, 0.6) is 0 Å². The summed E-state index contributed by atoms with van der Waals surface area (Å²) in [6.07, 6.45) is 2.53. The van der Waals surface area contributed by atoms with Crippen LogP contribution in [0.1, 0.15) is 34.8 Å². The van der Waals surface area contributed by atoms with E-state index in [-0.39, 0.29) is 0 Å². The van der Waals surface area contributed by atoms with Crippen LogP contribution in [0, 0.1) is 0 Å². The lowest BCUT2D eigenvalue weighted by molar-refractivity contribution is 0.0595. The third kappa shape index (κ3) is 2.58. The van der Waals surface area contributed by atoms with Crippen molar-refractivity contribution in [3.63, 3.8) is 0 Å². The Kier molecular flexibility index (Phi) is 3.41. The lowest BCUT2D eigenvalue weighted by Crippen LogP contribution is -2.03. The molecule has 98 valence electrons. The number of esters is 1. The van der Waals surface area contributed by atoms with Crippen molar-refractivity contribution in [2.75, 3.05) is 7.11 Å². The number of methoxy groups -OCH3 is 1. The number of benzene rings is 1. The first kappa shape index (κ1) is 12.8. The minimum absolute atomic E-state index is 0.382. The van der Waals surface area contributed by atoms with Crippen molar-refractivity contribution in [1.29, 1.82) is 0 Å². The summed E-state index contributed by atoms with van der Waals surface area (Å²) in [5.74, 6) is 0.298. The molecule has 0 atom stereocenters. The zero-order valence-electron chi connectivity index (χ0n) is 10.4. The maximum atomic E-state index is 11.8. The molecule has 0 bridgehead atoms. The predicted molar refractivity (Wildman–Crippen MR) is 78.6 cm³/mol. The average Bonchev–Trinajstić information content (AvgIpc) is 3.21. The van der Waals surface area contributed by atoms with E-state index < -0.39 is 5.97 Å². The van der Waals surface area contributed by atoms with Gasteiger partial charge >= 0.3 is 5.97 Å². The van der Waals surface area contributed by atoms with Crippen molar-refractivity contribution in [3.05, 3.63) is 39.4 Å². The fraction of sp³-hybridized carbons (Fsp3) is 0.286. The van der Waals surface area contributed by atoms with Gasteiger partial charge < -0.3 is 4.74 Å². The number of carbonyl (C=O) groups is 1. The van der Waals surface area contributed by atoms with E-state index in [1.165, 1.54) is 36.9 Å². The monoisotopic (exact) mass is 337 g/mol. The highest BCUT2D eigenvalue weighted by molar-refractivity contribution is 9.11. The van der Waals surface area contributed by atoms with E-state index in [0.29, 0.717) is 15.5 Å². The van der Waals surface area contributed by atoms with Gasteiger partial charge in [-0.25, -0.2) is 9.78 Å². The molecule has 0 amide bonds. The van der Waals surface area contributed by atoms with Crippen LogP contribution in [0.4, 0.5) is 0 Å². The number of nitrogens with zero attached hydrogens (tertiary/aromatic N) is 1. The van der Waals surface area contributed by atoms with Crippen molar-refractivity contribution < 1.29 is 9.53 Å². The van der Waals surface area contributed by atoms with Gasteiger partial charge in [0.1, 0.15) is 0 Å². The molecule has 5 heteroatoms. The quantitative estimate of drug-likeness (QED) is 0.786. The first-order valence-electron chi connectivity index (χ1n) is 6.04. The summed E-state index contributed by atoms with van der Waals surface area (Å²) in [7, 11) is 1.37. The van der Waals surface area contributed by atoms with Crippen LogP contribution >= 0.6 is 27.3 Å². The van der Waals surface area contributed by atoms with Crippen molar-refractivity contribution in [1.82, 2.24) is 4.98 Å². The molecule has 3 nitrogen and oxygen atoms in total. The molecule has 1 aromatic heterocycles. The van der Waals surface area contributed by atoms with Gasteiger partial charge in [0.05, 0.1) is 12.0 Å². The molecule has 1 heterocycles. The highest BCUT2D eigenvalue weighted by atomic mass is 79.9. The Balaban J connectivity index is 2.05. The van der Waals surface area contributed by atoms with Gasteiger partial charge in [-0.05, 0) is 51.9 Å². The average molecular weight is 338 g/mol. The Morgan fingerprint density at radius 2 is 2.26 bits per heavy atom. The molecule has 19 heavy (non-hydrogen) atoms. The van der Waals surface area contributed by atoms with Crippen LogP contribution in [0.3, 0.4) is 0 Å². The number of ether oxygens (including phenoxy) is 1. The first-order valence-corrected chi connectivity index (χ1v) is 7.65. The molecule has 0 unspecified atom stereocenters. The van der Waals surface area contributed by atoms with Gasteiger partial charge in [0.15, 0.2) is 9.61 Å². The smallest absolute Gasteiger partial charge is 0.358 e. The van der Waals surface area contributed by atoms with Crippen molar-refractivity contribution >= 4 is 33.2 Å². The summed E-state index contributed by atoms with van der Waals surface area (Å²) in [6.45, 7) is 0. The van der Waals surface area contributed by atoms with E-state index >= 15 is 0 Å². The molecule has 1 fully saturated rings. The standard InChI is InChI=1S/C14H12BrNO2S/c1-18-13(17)11-12(19-14(15)16-11)10-4-2-3-9(7-10)8-5-6-8/h2-4,7-8H,5-6H2,1H3. The molecular formula is C14H12BrNO2S. The molecule has 2 aromatic rings. The number of hydrogen-bond acceptors (Lipinski definition) is 4. The summed E-state index contributed by atoms with van der Waals surface area (Å²) in [5.41, 5.74) is 2.76. The minimum atomic E-state index is -0.395. The number of thiazole rings is 1. The molecule has 0 aliphatic heterocycles. The van der Waals surface area contributed by atoms with E-state index in [1.54, 1.807) is 0 Å². The molecule has 1 aromatic carbocycles. The lowest BCUT2D eigenvalue weighted by Gasteiger charge is -2.04. The largest absolute Gasteiger partial charge is 0.464 e. The first-order chi connectivity index (χ1) is 9.19. The molecule has 0 spiro atoms. The van der Waals surface area contributed by atoms with Crippen molar-refractivity contribution in [2.45, 2.75) is 18.8 Å². The fourth-order valence-electron chi connectivity index (χ4n) is 2.08. The van der Waals surface area contributed by atoms with Crippen molar-refractivity contribution in [2.24, 2.45) is 0 Å². The topological polar surface area (TPSA) is 39.2 Å². The Morgan fingerprint density at radius 3 is 2.95 bits per heavy atom. The second-order valence-electron chi connectivity index (χ2n) is 4.54. The number of rotatable bonds is 3. The molecule has 3 rings (SSSR count). The third-order valence-corrected chi connectivity index (χ3v) is 4.73. The zero-order valence-corrected chi connectivity index (χ0v) is 12.8. The molecular weight excluding hydrogens is 326 g/mol. The summed E-state index contributed by atoms with van der Waals surface area (Å²) in [4.78, 5) is 16.8. The number of halogens is 1.